The van der Waals surface area contributed by atoms with Crippen LogP contribution in [0.25, 0.3) is 5.57 Å². The first-order chi connectivity index (χ1) is 6.98. The van der Waals surface area contributed by atoms with Crippen molar-refractivity contribution in [1.82, 2.24) is 0 Å². The van der Waals surface area contributed by atoms with Crippen molar-refractivity contribution in [3.05, 3.63) is 50.8 Å². The van der Waals surface area contributed by atoms with Crippen LogP contribution in [0.5, 0.6) is 0 Å². The summed E-state index contributed by atoms with van der Waals surface area (Å²) in [7, 11) is -3.27. The Kier molecular flexibility index (Phi) is 2.44. The Labute approximate surface area is 96.3 Å². The molecule has 0 saturated heterocycles. The number of hydrogen-bond donors (Lipinski definition) is 1. The van der Waals surface area contributed by atoms with Crippen molar-refractivity contribution < 1.29 is 8.42 Å². The molecule has 1 aliphatic heterocycles. The Hall–Kier alpha value is -1.07. The highest BCUT2D eigenvalue weighted by molar-refractivity contribution is 9.10. The molecular formula is C10H8BrNO2S. The van der Waals surface area contributed by atoms with Gasteiger partial charge in [-0.2, -0.15) is 0 Å². The topological polar surface area (TPSA) is 60.2 Å². The number of nitrogens with two attached hydrogens (primary N) is 1. The summed E-state index contributed by atoms with van der Waals surface area (Å²) in [5.41, 5.74) is 7.26. The predicted octanol–water partition coefficient (Wildman–Crippen LogP) is 2.02. The molecule has 2 N–H and O–H groups in total. The summed E-state index contributed by atoms with van der Waals surface area (Å²) < 4.78 is 23.4. The molecule has 1 aliphatic rings. The van der Waals surface area contributed by atoms with Gasteiger partial charge in [-0.3, -0.25) is 0 Å². The van der Waals surface area contributed by atoms with E-state index in [-0.39, 0.29) is 5.70 Å². The van der Waals surface area contributed by atoms with Gasteiger partial charge in [-0.15, -0.1) is 0 Å². The third-order valence-electron chi connectivity index (χ3n) is 2.02. The summed E-state index contributed by atoms with van der Waals surface area (Å²) in [6.45, 7) is 0. The quantitative estimate of drug-likeness (QED) is 0.859. The van der Waals surface area contributed by atoms with Crippen LogP contribution in [-0.2, 0) is 9.84 Å². The SMILES string of the molecule is NC1=CS(=O)(=O)C=C1c1cccc(Br)c1. The van der Waals surface area contributed by atoms with Crippen LogP contribution >= 0.6 is 15.9 Å². The Morgan fingerprint density at radius 1 is 1.20 bits per heavy atom. The zero-order valence-electron chi connectivity index (χ0n) is 7.64. The molecule has 3 nitrogen and oxygen atoms in total. The lowest BCUT2D eigenvalue weighted by Gasteiger charge is -2.03. The summed E-state index contributed by atoms with van der Waals surface area (Å²) in [5, 5.41) is 2.26. The highest BCUT2D eigenvalue weighted by atomic mass is 79.9. The molecule has 5 heteroatoms. The summed E-state index contributed by atoms with van der Waals surface area (Å²) in [4.78, 5) is 0. The number of hydrogen-bond acceptors (Lipinski definition) is 3. The maximum Gasteiger partial charge on any atom is 0.195 e. The molecule has 78 valence electrons. The van der Waals surface area contributed by atoms with Gasteiger partial charge in [-0.05, 0) is 17.7 Å². The summed E-state index contributed by atoms with van der Waals surface area (Å²) in [6.07, 6.45) is 0. The minimum Gasteiger partial charge on any atom is -0.398 e. The first-order valence-corrected chi connectivity index (χ1v) is 6.58. The van der Waals surface area contributed by atoms with Gasteiger partial charge >= 0.3 is 0 Å². The van der Waals surface area contributed by atoms with Gasteiger partial charge in [-0.1, -0.05) is 28.1 Å². The summed E-state index contributed by atoms with van der Waals surface area (Å²) in [5.74, 6) is 0. The third kappa shape index (κ3) is 2.13. The zero-order chi connectivity index (χ0) is 11.1. The molecule has 0 radical (unpaired) electrons. The third-order valence-corrected chi connectivity index (χ3v) is 3.66. The van der Waals surface area contributed by atoms with Crippen molar-refractivity contribution in [2.45, 2.75) is 0 Å². The molecule has 2 rings (SSSR count). The second-order valence-corrected chi connectivity index (χ2v) is 5.77. The van der Waals surface area contributed by atoms with Crippen molar-refractivity contribution in [3.63, 3.8) is 0 Å². The van der Waals surface area contributed by atoms with Crippen molar-refractivity contribution >= 4 is 31.3 Å². The van der Waals surface area contributed by atoms with Gasteiger partial charge in [0.2, 0.25) is 0 Å². The molecule has 0 fully saturated rings. The van der Waals surface area contributed by atoms with E-state index in [1.165, 1.54) is 5.41 Å². The van der Waals surface area contributed by atoms with E-state index in [4.69, 9.17) is 5.73 Å². The summed E-state index contributed by atoms with van der Waals surface area (Å²) in [6, 6.07) is 7.34. The van der Waals surface area contributed by atoms with Crippen molar-refractivity contribution in [3.8, 4) is 0 Å². The maximum atomic E-state index is 11.3. The maximum absolute atomic E-state index is 11.3. The summed E-state index contributed by atoms with van der Waals surface area (Å²) >= 11 is 3.32. The Balaban J connectivity index is 2.56. The fourth-order valence-electron chi connectivity index (χ4n) is 1.40. The van der Waals surface area contributed by atoms with Gasteiger partial charge in [-0.25, -0.2) is 8.42 Å². The Bertz CT molecular complexity index is 573. The molecule has 0 unspecified atom stereocenters. The molecule has 1 aromatic rings. The molecule has 0 saturated carbocycles. The second kappa shape index (κ2) is 3.50. The van der Waals surface area contributed by atoms with E-state index in [1.54, 1.807) is 0 Å². The lowest BCUT2D eigenvalue weighted by Crippen LogP contribution is -1.97. The normalized spacial score (nSPS) is 18.5. The first kappa shape index (κ1) is 10.4. The van der Waals surface area contributed by atoms with E-state index in [2.05, 4.69) is 15.9 Å². The lowest BCUT2D eigenvalue weighted by atomic mass is 10.1. The van der Waals surface area contributed by atoms with Gasteiger partial charge in [0.25, 0.3) is 0 Å². The first-order valence-electron chi connectivity index (χ1n) is 4.18. The largest absolute Gasteiger partial charge is 0.398 e. The van der Waals surface area contributed by atoms with Gasteiger partial charge < -0.3 is 5.73 Å². The number of allylic oxidation sites excluding steroid dienone is 1. The second-order valence-electron chi connectivity index (χ2n) is 3.20. The molecule has 0 amide bonds. The smallest absolute Gasteiger partial charge is 0.195 e. The Morgan fingerprint density at radius 3 is 2.47 bits per heavy atom. The highest BCUT2D eigenvalue weighted by Gasteiger charge is 2.19. The monoisotopic (exact) mass is 285 g/mol. The van der Waals surface area contributed by atoms with Crippen LogP contribution in [-0.4, -0.2) is 8.42 Å². The number of rotatable bonds is 1. The molecular weight excluding hydrogens is 278 g/mol. The molecule has 1 aromatic carbocycles. The van der Waals surface area contributed by atoms with E-state index in [1.807, 2.05) is 24.3 Å². The van der Waals surface area contributed by atoms with Crippen LogP contribution in [0.3, 0.4) is 0 Å². The molecule has 0 bridgehead atoms. The molecule has 0 aromatic heterocycles. The van der Waals surface area contributed by atoms with Gasteiger partial charge in [0, 0.05) is 15.5 Å². The lowest BCUT2D eigenvalue weighted by molar-refractivity contribution is 0.613. The van der Waals surface area contributed by atoms with E-state index < -0.39 is 9.84 Å². The molecule has 0 aliphatic carbocycles. The van der Waals surface area contributed by atoms with Crippen LogP contribution in [0.4, 0.5) is 0 Å². The van der Waals surface area contributed by atoms with Crippen molar-refractivity contribution in [2.24, 2.45) is 5.73 Å². The average molecular weight is 286 g/mol. The predicted molar refractivity (Wildman–Crippen MR) is 63.3 cm³/mol. The van der Waals surface area contributed by atoms with Crippen LogP contribution in [0.2, 0.25) is 0 Å². The standard InChI is InChI=1S/C10H8BrNO2S/c11-8-3-1-2-7(4-8)9-5-15(13,14)6-10(9)12/h1-6H,12H2. The fraction of sp³-hybridized carbons (Fsp3) is 0. The molecule has 1 heterocycles. The zero-order valence-corrected chi connectivity index (χ0v) is 10.0. The Morgan fingerprint density at radius 2 is 1.93 bits per heavy atom. The minimum absolute atomic E-state index is 0.285. The van der Waals surface area contributed by atoms with Crippen molar-refractivity contribution in [1.29, 1.82) is 0 Å². The average Bonchev–Trinajstić information content (AvgIpc) is 2.40. The molecule has 0 spiro atoms. The van der Waals surface area contributed by atoms with E-state index >= 15 is 0 Å². The van der Waals surface area contributed by atoms with Crippen LogP contribution < -0.4 is 5.73 Å². The minimum atomic E-state index is -3.27. The van der Waals surface area contributed by atoms with Crippen molar-refractivity contribution in [2.75, 3.05) is 0 Å². The van der Waals surface area contributed by atoms with E-state index in [9.17, 15) is 8.42 Å². The molecule has 15 heavy (non-hydrogen) atoms. The van der Waals surface area contributed by atoms with Gasteiger partial charge in [0.15, 0.2) is 9.84 Å². The van der Waals surface area contributed by atoms with Crippen LogP contribution in [0.15, 0.2) is 45.3 Å². The van der Waals surface area contributed by atoms with E-state index in [0.29, 0.717) is 5.57 Å². The number of benzene rings is 1. The van der Waals surface area contributed by atoms with Gasteiger partial charge in [0.05, 0.1) is 11.1 Å². The van der Waals surface area contributed by atoms with Crippen LogP contribution in [0, 0.1) is 0 Å². The number of halogens is 1. The van der Waals surface area contributed by atoms with Crippen LogP contribution in [0.1, 0.15) is 5.56 Å². The highest BCUT2D eigenvalue weighted by Crippen LogP contribution is 2.29. The number of sulfone groups is 1. The van der Waals surface area contributed by atoms with E-state index in [0.717, 1.165) is 15.4 Å². The fourth-order valence-corrected chi connectivity index (χ4v) is 2.95. The molecule has 0 atom stereocenters. The van der Waals surface area contributed by atoms with Gasteiger partial charge in [0.1, 0.15) is 0 Å².